The van der Waals surface area contributed by atoms with Crippen LogP contribution in [0.1, 0.15) is 113 Å². The van der Waals surface area contributed by atoms with E-state index >= 15 is 0 Å². The first-order valence-corrected chi connectivity index (χ1v) is 17.9. The summed E-state index contributed by atoms with van der Waals surface area (Å²) >= 11 is 0. The number of ether oxygens (including phenoxy) is 3. The zero-order valence-corrected chi connectivity index (χ0v) is 29.6. The molecule has 0 radical (unpaired) electrons. The smallest absolute Gasteiger partial charge is 0.377 e. The van der Waals surface area contributed by atoms with Crippen LogP contribution in [0, 0.1) is 56.7 Å². The number of fused-ring (bicyclic) bond motifs is 7. The first-order valence-electron chi connectivity index (χ1n) is 17.9. The van der Waals surface area contributed by atoms with Crippen molar-refractivity contribution in [2.24, 2.45) is 56.7 Å². The van der Waals surface area contributed by atoms with Crippen LogP contribution in [0.15, 0.2) is 23.2 Å². The van der Waals surface area contributed by atoms with Crippen molar-refractivity contribution < 1.29 is 43.9 Å². The lowest BCUT2D eigenvalue weighted by Gasteiger charge is -2.71. The van der Waals surface area contributed by atoms with Gasteiger partial charge in [-0.25, -0.2) is 4.79 Å². The van der Waals surface area contributed by atoms with Crippen LogP contribution in [0.3, 0.4) is 0 Å². The Bertz CT molecular complexity index is 1400. The molecule has 5 aliphatic carbocycles. The average Bonchev–Trinajstić information content (AvgIpc) is 3.26. The number of hydrogen-bond acceptors (Lipinski definition) is 9. The van der Waals surface area contributed by atoms with Gasteiger partial charge in [-0.15, -0.1) is 0 Å². The third kappa shape index (κ3) is 4.74. The number of allylic oxidation sites excluding steroid dienone is 2. The van der Waals surface area contributed by atoms with Crippen LogP contribution >= 0.6 is 0 Å². The number of aliphatic hydroxyl groups is 3. The van der Waals surface area contributed by atoms with E-state index < -0.39 is 41.7 Å². The normalized spacial score (nSPS) is 46.1. The molecule has 9 heteroatoms. The molecule has 0 aromatic carbocycles. The molecule has 0 bridgehead atoms. The fourth-order valence-electron chi connectivity index (χ4n) is 12.3. The van der Waals surface area contributed by atoms with Gasteiger partial charge in [0.25, 0.3) is 0 Å². The molecule has 9 nitrogen and oxygen atoms in total. The number of rotatable bonds is 5. The van der Waals surface area contributed by atoms with Gasteiger partial charge >= 0.3 is 17.9 Å². The van der Waals surface area contributed by atoms with E-state index in [-0.39, 0.29) is 51.5 Å². The van der Waals surface area contributed by atoms with Gasteiger partial charge in [0.05, 0.1) is 5.41 Å². The van der Waals surface area contributed by atoms with Gasteiger partial charge in [-0.2, -0.15) is 0 Å². The molecule has 262 valence electrons. The molecular weight excluding hydrogens is 600 g/mol. The molecule has 1 heterocycles. The molecule has 0 aromatic heterocycles. The molecule has 1 aliphatic heterocycles. The topological polar surface area (TPSA) is 140 Å². The van der Waals surface area contributed by atoms with Gasteiger partial charge in [0.15, 0.2) is 11.9 Å². The number of aliphatic hydroxyl groups excluding tert-OH is 3. The van der Waals surface area contributed by atoms with Crippen LogP contribution in [-0.4, -0.2) is 58.1 Å². The van der Waals surface area contributed by atoms with Gasteiger partial charge in [0.1, 0.15) is 18.8 Å². The van der Waals surface area contributed by atoms with Gasteiger partial charge < -0.3 is 29.5 Å². The third-order valence-electron chi connectivity index (χ3n) is 15.3. The minimum atomic E-state index is -1.50. The maximum atomic E-state index is 14.3. The van der Waals surface area contributed by atoms with Crippen LogP contribution in [0.4, 0.5) is 0 Å². The highest BCUT2D eigenvalue weighted by Gasteiger charge is 2.70. The van der Waals surface area contributed by atoms with Gasteiger partial charge in [0, 0.05) is 12.3 Å². The molecule has 3 N–H and O–H groups in total. The molecule has 47 heavy (non-hydrogen) atoms. The second kappa shape index (κ2) is 11.2. The Morgan fingerprint density at radius 3 is 2.32 bits per heavy atom. The summed E-state index contributed by atoms with van der Waals surface area (Å²) < 4.78 is 16.7. The van der Waals surface area contributed by atoms with Crippen molar-refractivity contribution in [3.05, 3.63) is 23.2 Å². The summed E-state index contributed by atoms with van der Waals surface area (Å²) in [5, 5.41) is 30.4. The van der Waals surface area contributed by atoms with E-state index in [0.29, 0.717) is 30.6 Å². The second-order valence-corrected chi connectivity index (χ2v) is 17.5. The van der Waals surface area contributed by atoms with Crippen molar-refractivity contribution in [3.8, 4) is 0 Å². The summed E-state index contributed by atoms with van der Waals surface area (Å²) in [6, 6.07) is 0. The molecule has 0 unspecified atom stereocenters. The van der Waals surface area contributed by atoms with E-state index in [1.54, 1.807) is 0 Å². The Morgan fingerprint density at radius 1 is 0.979 bits per heavy atom. The van der Waals surface area contributed by atoms with E-state index in [1.807, 2.05) is 0 Å². The van der Waals surface area contributed by atoms with Crippen LogP contribution < -0.4 is 0 Å². The van der Waals surface area contributed by atoms with Gasteiger partial charge in [0.2, 0.25) is 5.76 Å². The highest BCUT2D eigenvalue weighted by atomic mass is 16.6. The molecular formula is C38H56O9. The van der Waals surface area contributed by atoms with Crippen molar-refractivity contribution in [2.75, 3.05) is 6.61 Å². The molecule has 4 saturated carbocycles. The number of carbonyl (C=O) groups is 3. The second-order valence-electron chi connectivity index (χ2n) is 17.5. The lowest BCUT2D eigenvalue weighted by Crippen LogP contribution is -2.65. The number of hydrogen-bond donors (Lipinski definition) is 3. The van der Waals surface area contributed by atoms with Crippen molar-refractivity contribution in [3.63, 3.8) is 0 Å². The molecule has 0 aromatic rings. The monoisotopic (exact) mass is 656 g/mol. The molecule has 6 rings (SSSR count). The SMILES string of the molecule is CC(=O)O[C@H]1CC[C@]2(C)[C@H]3CC=C4[C@@H]5[C@@H](C)[C@H](C)CC[C@]5(C(=O)OC[C@H](O)[C@H]5OC(=O)C(O)=C5O)CC[C@@]4(C)[C@]3(C)CC[C@H]2C1(C)C. The molecule has 0 saturated heterocycles. The summed E-state index contributed by atoms with van der Waals surface area (Å²) in [4.78, 5) is 38.0. The minimum Gasteiger partial charge on any atom is -0.505 e. The van der Waals surface area contributed by atoms with E-state index in [4.69, 9.17) is 14.2 Å². The molecule has 0 amide bonds. The van der Waals surface area contributed by atoms with Crippen molar-refractivity contribution in [1.82, 2.24) is 0 Å². The van der Waals surface area contributed by atoms with Gasteiger partial charge in [-0.1, -0.05) is 60.1 Å². The van der Waals surface area contributed by atoms with Crippen molar-refractivity contribution in [1.29, 1.82) is 0 Å². The molecule has 6 aliphatic rings. The van der Waals surface area contributed by atoms with Crippen molar-refractivity contribution >= 4 is 17.9 Å². The Labute approximate surface area is 279 Å². The lowest BCUT2D eigenvalue weighted by molar-refractivity contribution is -0.214. The lowest BCUT2D eigenvalue weighted by atomic mass is 9.33. The summed E-state index contributed by atoms with van der Waals surface area (Å²) in [5.74, 6) is -1.70. The molecule has 0 spiro atoms. The Balaban J connectivity index is 1.30. The highest BCUT2D eigenvalue weighted by molar-refractivity contribution is 5.89. The summed E-state index contributed by atoms with van der Waals surface area (Å²) in [5.41, 5.74) is 0.618. The van der Waals surface area contributed by atoms with Crippen LogP contribution in [-0.2, 0) is 28.6 Å². The quantitative estimate of drug-likeness (QED) is 0.167. The third-order valence-corrected chi connectivity index (χ3v) is 15.3. The van der Waals surface area contributed by atoms with Crippen LogP contribution in [0.5, 0.6) is 0 Å². The summed E-state index contributed by atoms with van der Waals surface area (Å²) in [7, 11) is 0. The fourth-order valence-corrected chi connectivity index (χ4v) is 12.3. The van der Waals surface area contributed by atoms with Crippen molar-refractivity contribution in [2.45, 2.75) is 131 Å². The summed E-state index contributed by atoms with van der Waals surface area (Å²) in [6.07, 6.45) is 7.72. The van der Waals surface area contributed by atoms with Crippen LogP contribution in [0.25, 0.3) is 0 Å². The zero-order chi connectivity index (χ0) is 34.5. The maximum Gasteiger partial charge on any atom is 0.377 e. The highest BCUT2D eigenvalue weighted by Crippen LogP contribution is 2.76. The Morgan fingerprint density at radius 2 is 1.68 bits per heavy atom. The Hall–Kier alpha value is -2.55. The van der Waals surface area contributed by atoms with Gasteiger partial charge in [-0.05, 0) is 104 Å². The summed E-state index contributed by atoms with van der Waals surface area (Å²) in [6.45, 7) is 17.7. The minimum absolute atomic E-state index is 0.00995. The average molecular weight is 657 g/mol. The fraction of sp³-hybridized carbons (Fsp3) is 0.816. The first kappa shape index (κ1) is 34.3. The number of cyclic esters (lactones) is 1. The van der Waals surface area contributed by atoms with E-state index in [1.165, 1.54) is 12.5 Å². The Kier molecular flexibility index (Phi) is 8.21. The van der Waals surface area contributed by atoms with E-state index in [2.05, 4.69) is 54.5 Å². The predicted molar refractivity (Wildman–Crippen MR) is 174 cm³/mol. The molecule has 12 atom stereocenters. The van der Waals surface area contributed by atoms with Crippen LogP contribution in [0.2, 0.25) is 0 Å². The van der Waals surface area contributed by atoms with Gasteiger partial charge in [-0.3, -0.25) is 9.59 Å². The maximum absolute atomic E-state index is 14.3. The standard InChI is InChI=1S/C38H56O9/c1-20-11-16-38(33(44)45-19-24(40)31-29(41)30(42)32(43)47-31)18-17-36(7)23(28(38)21(20)2)9-10-26-35(6)14-13-27(46-22(3)39)34(4,5)25(35)12-15-37(26,36)8/h9,20-21,24-28,31,40-42H,10-19H2,1-8H3/t20-,21+,24+,25+,26-,27+,28+,31-,35+,36-,37-,38+/m1/s1. The largest absolute Gasteiger partial charge is 0.505 e. The predicted octanol–water partition coefficient (Wildman–Crippen LogP) is 6.73. The number of esters is 3. The van der Waals surface area contributed by atoms with E-state index in [9.17, 15) is 29.7 Å². The number of carbonyl (C=O) groups excluding carboxylic acids is 3. The van der Waals surface area contributed by atoms with E-state index in [0.717, 1.165) is 44.9 Å². The first-order chi connectivity index (χ1) is 21.8. The molecule has 4 fully saturated rings. The zero-order valence-electron chi connectivity index (χ0n) is 29.6.